The number of likely N-dealkylation sites (N-methyl/N-ethyl adjacent to an activating group) is 1. The van der Waals surface area contributed by atoms with Crippen molar-refractivity contribution in [3.8, 4) is 5.75 Å². The fourth-order valence-electron chi connectivity index (χ4n) is 1.36. The number of rotatable bonds is 6. The van der Waals surface area contributed by atoms with Crippen molar-refractivity contribution in [2.45, 2.75) is 11.8 Å². The molecular formula is C12H17ClN2O4S. The van der Waals surface area contributed by atoms with Crippen molar-refractivity contribution in [2.75, 3.05) is 27.2 Å². The monoisotopic (exact) mass is 320 g/mol. The maximum absolute atomic E-state index is 11.9. The third-order valence-electron chi connectivity index (χ3n) is 2.41. The summed E-state index contributed by atoms with van der Waals surface area (Å²) in [5.41, 5.74) is 0. The highest BCUT2D eigenvalue weighted by Crippen LogP contribution is 2.28. The van der Waals surface area contributed by atoms with Gasteiger partial charge in [0.15, 0.2) is 6.61 Å². The number of amides is 1. The summed E-state index contributed by atoms with van der Waals surface area (Å²) in [5.74, 6) is -0.0100. The second-order valence-corrected chi connectivity index (χ2v) is 6.68. The topological polar surface area (TPSA) is 75.7 Å². The zero-order valence-corrected chi connectivity index (χ0v) is 13.1. The summed E-state index contributed by atoms with van der Waals surface area (Å²) in [6.07, 6.45) is 0. The number of ether oxygens (including phenoxy) is 1. The van der Waals surface area contributed by atoms with Crippen LogP contribution in [0, 0.1) is 0 Å². The van der Waals surface area contributed by atoms with Crippen molar-refractivity contribution >= 4 is 27.5 Å². The van der Waals surface area contributed by atoms with Gasteiger partial charge in [-0.2, -0.15) is 0 Å². The van der Waals surface area contributed by atoms with Gasteiger partial charge in [-0.3, -0.25) is 4.79 Å². The molecule has 0 unspecified atom stereocenters. The Morgan fingerprint density at radius 2 is 2.05 bits per heavy atom. The highest BCUT2D eigenvalue weighted by Gasteiger charge is 2.18. The highest BCUT2D eigenvalue weighted by molar-refractivity contribution is 7.89. The molecule has 0 spiro atoms. The summed E-state index contributed by atoms with van der Waals surface area (Å²) in [4.78, 5) is 11.3. The van der Waals surface area contributed by atoms with E-state index >= 15 is 0 Å². The van der Waals surface area contributed by atoms with Gasteiger partial charge >= 0.3 is 0 Å². The summed E-state index contributed by atoms with van der Waals surface area (Å²) in [6, 6.07) is 4.11. The Labute approximate surface area is 123 Å². The van der Waals surface area contributed by atoms with E-state index in [1.807, 2.05) is 0 Å². The smallest absolute Gasteiger partial charge is 0.257 e. The van der Waals surface area contributed by atoms with Gasteiger partial charge in [0.2, 0.25) is 10.0 Å². The maximum atomic E-state index is 11.9. The Morgan fingerprint density at radius 1 is 1.40 bits per heavy atom. The van der Waals surface area contributed by atoms with E-state index < -0.39 is 10.0 Å². The van der Waals surface area contributed by atoms with Crippen molar-refractivity contribution in [3.05, 3.63) is 23.2 Å². The van der Waals surface area contributed by atoms with Gasteiger partial charge < -0.3 is 10.1 Å². The van der Waals surface area contributed by atoms with Gasteiger partial charge in [-0.05, 0) is 25.1 Å². The molecule has 0 aromatic heterocycles. The fraction of sp³-hybridized carbons (Fsp3) is 0.417. The van der Waals surface area contributed by atoms with Gasteiger partial charge in [0.1, 0.15) is 5.75 Å². The van der Waals surface area contributed by atoms with Crippen molar-refractivity contribution in [2.24, 2.45) is 0 Å². The van der Waals surface area contributed by atoms with Gasteiger partial charge in [0.05, 0.1) is 9.92 Å². The molecule has 1 aromatic carbocycles. The van der Waals surface area contributed by atoms with Crippen LogP contribution in [0.15, 0.2) is 23.1 Å². The molecule has 0 aliphatic heterocycles. The number of hydrogen-bond acceptors (Lipinski definition) is 4. The maximum Gasteiger partial charge on any atom is 0.257 e. The summed E-state index contributed by atoms with van der Waals surface area (Å²) in [6.45, 7) is 2.13. The second kappa shape index (κ2) is 6.92. The molecule has 0 radical (unpaired) electrons. The number of nitrogens with one attached hydrogen (secondary N) is 1. The number of carbonyl (C=O) groups is 1. The van der Waals surface area contributed by atoms with Crippen LogP contribution in [-0.4, -0.2) is 45.9 Å². The Kier molecular flexibility index (Phi) is 5.79. The lowest BCUT2D eigenvalue weighted by molar-refractivity contribution is -0.122. The summed E-state index contributed by atoms with van der Waals surface area (Å²) in [7, 11) is -0.675. The van der Waals surface area contributed by atoms with Gasteiger partial charge in [-0.1, -0.05) is 11.6 Å². The Bertz CT molecular complexity index is 587. The summed E-state index contributed by atoms with van der Waals surface area (Å²) in [5, 5.41) is 2.71. The Hall–Kier alpha value is -1.31. The van der Waals surface area contributed by atoms with Gasteiger partial charge in [0, 0.05) is 20.6 Å². The van der Waals surface area contributed by atoms with Crippen LogP contribution in [0.3, 0.4) is 0 Å². The lowest BCUT2D eigenvalue weighted by Gasteiger charge is -2.13. The summed E-state index contributed by atoms with van der Waals surface area (Å²) >= 11 is 5.96. The minimum atomic E-state index is -3.54. The molecule has 112 valence electrons. The van der Waals surface area contributed by atoms with Crippen LogP contribution in [-0.2, 0) is 14.8 Å². The lowest BCUT2D eigenvalue weighted by atomic mass is 10.3. The molecule has 1 rings (SSSR count). The molecule has 1 aromatic rings. The third-order valence-corrected chi connectivity index (χ3v) is 4.52. The van der Waals surface area contributed by atoms with E-state index in [0.29, 0.717) is 6.54 Å². The molecule has 1 amide bonds. The van der Waals surface area contributed by atoms with E-state index in [1.54, 1.807) is 6.92 Å². The van der Waals surface area contributed by atoms with Crippen molar-refractivity contribution in [1.29, 1.82) is 0 Å². The molecule has 0 atom stereocenters. The van der Waals surface area contributed by atoms with Crippen LogP contribution in [0.5, 0.6) is 5.75 Å². The number of nitrogens with zero attached hydrogens (tertiary/aromatic N) is 1. The first-order valence-corrected chi connectivity index (χ1v) is 7.72. The molecule has 0 saturated carbocycles. The molecule has 1 N–H and O–H groups in total. The number of carbonyl (C=O) groups excluding carboxylic acids is 1. The van der Waals surface area contributed by atoms with Gasteiger partial charge in [-0.25, -0.2) is 12.7 Å². The zero-order chi connectivity index (χ0) is 15.3. The van der Waals surface area contributed by atoms with Gasteiger partial charge in [-0.15, -0.1) is 0 Å². The largest absolute Gasteiger partial charge is 0.482 e. The molecule has 0 bridgehead atoms. The molecule has 0 fully saturated rings. The average molecular weight is 321 g/mol. The first kappa shape index (κ1) is 16.7. The molecular weight excluding hydrogens is 304 g/mol. The summed E-state index contributed by atoms with van der Waals surface area (Å²) < 4.78 is 30.1. The predicted octanol–water partition coefficient (Wildman–Crippen LogP) is 1.11. The number of halogens is 1. The average Bonchev–Trinajstić information content (AvgIpc) is 2.37. The van der Waals surface area contributed by atoms with Crippen LogP contribution in [0.4, 0.5) is 0 Å². The first-order chi connectivity index (χ1) is 9.28. The molecule has 20 heavy (non-hydrogen) atoms. The van der Waals surface area contributed by atoms with Crippen molar-refractivity contribution < 1.29 is 17.9 Å². The second-order valence-electron chi connectivity index (χ2n) is 4.12. The van der Waals surface area contributed by atoms with Crippen molar-refractivity contribution in [1.82, 2.24) is 9.62 Å². The predicted molar refractivity (Wildman–Crippen MR) is 76.5 cm³/mol. The van der Waals surface area contributed by atoms with E-state index in [-0.39, 0.29) is 28.2 Å². The molecule has 0 saturated heterocycles. The van der Waals surface area contributed by atoms with Gasteiger partial charge in [0.25, 0.3) is 5.91 Å². The quantitative estimate of drug-likeness (QED) is 0.852. The Balaban J connectivity index is 2.87. The van der Waals surface area contributed by atoms with E-state index in [4.69, 9.17) is 16.3 Å². The normalized spacial score (nSPS) is 11.4. The molecule has 8 heteroatoms. The van der Waals surface area contributed by atoms with Crippen LogP contribution < -0.4 is 10.1 Å². The van der Waals surface area contributed by atoms with E-state index in [0.717, 1.165) is 4.31 Å². The molecule has 6 nitrogen and oxygen atoms in total. The number of benzene rings is 1. The van der Waals surface area contributed by atoms with E-state index in [1.165, 1.54) is 32.3 Å². The van der Waals surface area contributed by atoms with Crippen LogP contribution in [0.1, 0.15) is 6.92 Å². The first-order valence-electron chi connectivity index (χ1n) is 5.90. The SMILES string of the molecule is CCNC(=O)COc1ccc(S(=O)(=O)N(C)C)cc1Cl. The molecule has 0 aliphatic rings. The number of hydrogen-bond donors (Lipinski definition) is 1. The zero-order valence-electron chi connectivity index (χ0n) is 11.5. The molecule has 0 heterocycles. The minimum Gasteiger partial charge on any atom is -0.482 e. The fourth-order valence-corrected chi connectivity index (χ4v) is 2.59. The number of sulfonamides is 1. The standard InChI is InChI=1S/C12H17ClN2O4S/c1-4-14-12(16)8-19-11-6-5-9(7-10(11)13)20(17,18)15(2)3/h5-7H,4,8H2,1-3H3,(H,14,16). The van der Waals surface area contributed by atoms with E-state index in [9.17, 15) is 13.2 Å². The van der Waals surface area contributed by atoms with Crippen molar-refractivity contribution in [3.63, 3.8) is 0 Å². The lowest BCUT2D eigenvalue weighted by Crippen LogP contribution is -2.28. The van der Waals surface area contributed by atoms with Crippen LogP contribution in [0.25, 0.3) is 0 Å². The minimum absolute atomic E-state index is 0.0675. The third kappa shape index (κ3) is 4.09. The Morgan fingerprint density at radius 3 is 2.55 bits per heavy atom. The molecule has 0 aliphatic carbocycles. The van der Waals surface area contributed by atoms with Crippen LogP contribution >= 0.6 is 11.6 Å². The van der Waals surface area contributed by atoms with Crippen LogP contribution in [0.2, 0.25) is 5.02 Å². The van der Waals surface area contributed by atoms with E-state index in [2.05, 4.69) is 5.32 Å². The highest BCUT2D eigenvalue weighted by atomic mass is 35.5.